The lowest BCUT2D eigenvalue weighted by molar-refractivity contribution is 0.0465. The maximum Gasteiger partial charge on any atom is 0.412 e. The molecule has 8 heteroatoms. The summed E-state index contributed by atoms with van der Waals surface area (Å²) in [6, 6.07) is -0.469. The van der Waals surface area contributed by atoms with E-state index in [1.807, 2.05) is 33.8 Å². The van der Waals surface area contributed by atoms with Crippen LogP contribution in [-0.4, -0.2) is 42.2 Å². The first-order valence-electron chi connectivity index (χ1n) is 10.7. The van der Waals surface area contributed by atoms with E-state index < -0.39 is 23.4 Å². The second kappa shape index (κ2) is 10.8. The zero-order valence-electron chi connectivity index (χ0n) is 20.2. The Kier molecular flexibility index (Phi) is 9.29. The lowest BCUT2D eigenvalue weighted by Crippen LogP contribution is -2.55. The molecule has 1 aliphatic rings. The van der Waals surface area contributed by atoms with Gasteiger partial charge in [-0.1, -0.05) is 13.0 Å². The predicted octanol–water partition coefficient (Wildman–Crippen LogP) is 4.27. The molecule has 0 aromatic rings. The maximum absolute atomic E-state index is 12.3. The molecule has 1 fully saturated rings. The predicted molar refractivity (Wildman–Crippen MR) is 124 cm³/mol. The first-order valence-corrected chi connectivity index (χ1v) is 10.7. The number of hydrogen-bond acceptors (Lipinski definition) is 6. The lowest BCUT2D eigenvalue weighted by atomic mass is 9.72. The van der Waals surface area contributed by atoms with Crippen molar-refractivity contribution in [2.24, 2.45) is 22.6 Å². The normalized spacial score (nSPS) is 25.5. The number of nitrogens with zero attached hydrogens (tertiary/aromatic N) is 1. The van der Waals surface area contributed by atoms with Crippen LogP contribution in [0, 0.1) is 11.8 Å². The van der Waals surface area contributed by atoms with Crippen molar-refractivity contribution in [1.82, 2.24) is 10.6 Å². The summed E-state index contributed by atoms with van der Waals surface area (Å²) in [6.07, 6.45) is 3.80. The van der Waals surface area contributed by atoms with E-state index in [1.54, 1.807) is 20.8 Å². The van der Waals surface area contributed by atoms with E-state index >= 15 is 0 Å². The number of hydrogen-bond donors (Lipinski definition) is 3. The van der Waals surface area contributed by atoms with Crippen molar-refractivity contribution < 1.29 is 19.1 Å². The van der Waals surface area contributed by atoms with E-state index in [-0.39, 0.29) is 23.9 Å². The molecule has 8 nitrogen and oxygen atoms in total. The van der Waals surface area contributed by atoms with E-state index in [2.05, 4.69) is 29.3 Å². The molecule has 0 bridgehead atoms. The Balaban J connectivity index is 3.03. The Morgan fingerprint density at radius 1 is 1.06 bits per heavy atom. The number of rotatable bonds is 5. The van der Waals surface area contributed by atoms with Gasteiger partial charge in [0.2, 0.25) is 0 Å². The van der Waals surface area contributed by atoms with Crippen LogP contribution in [0.5, 0.6) is 0 Å². The maximum atomic E-state index is 12.3. The number of carbonyl (C=O) groups is 2. The Bertz CT molecular complexity index is 716. The van der Waals surface area contributed by atoms with Gasteiger partial charge in [-0.2, -0.15) is 0 Å². The zero-order valence-corrected chi connectivity index (χ0v) is 20.2. The van der Waals surface area contributed by atoms with Crippen LogP contribution in [0.25, 0.3) is 0 Å². The van der Waals surface area contributed by atoms with Crippen LogP contribution in [0.3, 0.4) is 0 Å². The molecule has 0 unspecified atom stereocenters. The molecule has 0 aliphatic heterocycles. The van der Waals surface area contributed by atoms with Gasteiger partial charge >= 0.3 is 12.2 Å². The molecule has 1 rings (SSSR count). The summed E-state index contributed by atoms with van der Waals surface area (Å²) in [7, 11) is 0. The van der Waals surface area contributed by atoms with Gasteiger partial charge in [0, 0.05) is 12.1 Å². The van der Waals surface area contributed by atoms with Gasteiger partial charge in [0.05, 0.1) is 11.9 Å². The number of carbonyl (C=O) groups excluding carboxylic acids is 2. The minimum absolute atomic E-state index is 0.0441. The molecule has 0 aromatic heterocycles. The molecule has 4 atom stereocenters. The van der Waals surface area contributed by atoms with Crippen LogP contribution in [0.1, 0.15) is 68.2 Å². The monoisotopic (exact) mass is 436 g/mol. The summed E-state index contributed by atoms with van der Waals surface area (Å²) >= 11 is 0. The van der Waals surface area contributed by atoms with Gasteiger partial charge in [0.15, 0.2) is 0 Å². The minimum Gasteiger partial charge on any atom is -0.444 e. The largest absolute Gasteiger partial charge is 0.444 e. The fourth-order valence-electron chi connectivity index (χ4n) is 3.73. The summed E-state index contributed by atoms with van der Waals surface area (Å²) in [5, 5.41) is 5.72. The van der Waals surface area contributed by atoms with Gasteiger partial charge in [-0.15, -0.1) is 0 Å². The van der Waals surface area contributed by atoms with Crippen molar-refractivity contribution in [2.45, 2.75) is 91.5 Å². The summed E-state index contributed by atoms with van der Waals surface area (Å²) in [4.78, 5) is 28.5. The number of amides is 2. The average Bonchev–Trinajstić information content (AvgIpc) is 2.56. The van der Waals surface area contributed by atoms with E-state index in [0.29, 0.717) is 12.1 Å². The molecule has 0 aromatic carbocycles. The molecule has 0 heterocycles. The highest BCUT2D eigenvalue weighted by Crippen LogP contribution is 2.36. The highest BCUT2D eigenvalue weighted by Gasteiger charge is 2.37. The number of alkyl carbamates (subject to hydrolysis) is 2. The van der Waals surface area contributed by atoms with Gasteiger partial charge in [0.1, 0.15) is 11.2 Å². The molecule has 2 amide bonds. The number of nitrogens with two attached hydrogens (primary N) is 1. The molecular formula is C23H40N4O4. The van der Waals surface area contributed by atoms with Crippen LogP contribution in [0.15, 0.2) is 28.5 Å². The summed E-state index contributed by atoms with van der Waals surface area (Å²) in [6.45, 7) is 18.3. The smallest absolute Gasteiger partial charge is 0.412 e. The standard InChI is InChI=1S/C23H40N4O4/c1-10-16(18(13-25-9)27-21(29)31-23(6,7)8)15-11-14(2)19(24)17(12-15)26-20(28)30-22(3,4)5/h10,13-15,17,19H,9,11-12,24H2,1-8H3,(H,26,28)(H,27,29)/b16-10-,18-13+/t14-,15+,17+,19-/m1/s1. The number of aliphatic imine (C=N–C) groups is 1. The van der Waals surface area contributed by atoms with Crippen LogP contribution in [0.4, 0.5) is 9.59 Å². The second-order valence-corrected chi connectivity index (χ2v) is 10.1. The van der Waals surface area contributed by atoms with Crippen LogP contribution < -0.4 is 16.4 Å². The quantitative estimate of drug-likeness (QED) is 0.440. The average molecular weight is 437 g/mol. The minimum atomic E-state index is -0.624. The van der Waals surface area contributed by atoms with Gasteiger partial charge in [0.25, 0.3) is 0 Å². The fourth-order valence-corrected chi connectivity index (χ4v) is 3.73. The first kappa shape index (κ1) is 26.7. The Morgan fingerprint density at radius 2 is 1.61 bits per heavy atom. The van der Waals surface area contributed by atoms with Crippen LogP contribution in [-0.2, 0) is 9.47 Å². The van der Waals surface area contributed by atoms with Crippen molar-refractivity contribution in [2.75, 3.05) is 0 Å². The molecule has 4 N–H and O–H groups in total. The number of nitrogens with one attached hydrogen (secondary N) is 2. The highest BCUT2D eigenvalue weighted by atomic mass is 16.6. The van der Waals surface area contributed by atoms with E-state index in [9.17, 15) is 9.59 Å². The summed E-state index contributed by atoms with van der Waals surface area (Å²) in [5.41, 5.74) is 6.60. The molecule has 176 valence electrons. The molecular weight excluding hydrogens is 396 g/mol. The van der Waals surface area contributed by atoms with Crippen LogP contribution >= 0.6 is 0 Å². The number of allylic oxidation sites excluding steroid dienone is 2. The SMILES string of the molecule is C=N/C=C(NC(=O)OC(C)(C)C)\C(=C/C)[C@H]1C[C@@H](C)[C@@H](N)[C@@H](NC(=O)OC(C)(C)C)C1. The topological polar surface area (TPSA) is 115 Å². The Morgan fingerprint density at radius 3 is 2.10 bits per heavy atom. The van der Waals surface area contributed by atoms with Gasteiger partial charge < -0.3 is 20.5 Å². The van der Waals surface area contributed by atoms with E-state index in [1.165, 1.54) is 6.20 Å². The molecule has 1 aliphatic carbocycles. The molecule has 31 heavy (non-hydrogen) atoms. The fraction of sp³-hybridized carbons (Fsp3) is 0.696. The van der Waals surface area contributed by atoms with Gasteiger partial charge in [-0.05, 0) is 85.4 Å². The highest BCUT2D eigenvalue weighted by molar-refractivity contribution is 5.71. The first-order chi connectivity index (χ1) is 14.2. The van der Waals surface area contributed by atoms with Crippen molar-refractivity contribution in [3.05, 3.63) is 23.5 Å². The van der Waals surface area contributed by atoms with E-state index in [0.717, 1.165) is 12.0 Å². The molecule has 0 saturated heterocycles. The Hall–Kier alpha value is -2.35. The molecule has 0 spiro atoms. The van der Waals surface area contributed by atoms with E-state index in [4.69, 9.17) is 15.2 Å². The third-order valence-corrected chi connectivity index (χ3v) is 4.94. The van der Waals surface area contributed by atoms with Crippen molar-refractivity contribution >= 4 is 18.9 Å². The molecule has 1 saturated carbocycles. The van der Waals surface area contributed by atoms with Crippen molar-refractivity contribution in [3.8, 4) is 0 Å². The third kappa shape index (κ3) is 9.12. The van der Waals surface area contributed by atoms with Crippen molar-refractivity contribution in [1.29, 1.82) is 0 Å². The summed E-state index contributed by atoms with van der Waals surface area (Å²) < 4.78 is 10.8. The third-order valence-electron chi connectivity index (χ3n) is 4.94. The zero-order chi connectivity index (χ0) is 24.0. The van der Waals surface area contributed by atoms with Crippen LogP contribution in [0.2, 0.25) is 0 Å². The van der Waals surface area contributed by atoms with Gasteiger partial charge in [-0.25, -0.2) is 9.59 Å². The second-order valence-electron chi connectivity index (χ2n) is 10.1. The van der Waals surface area contributed by atoms with Crippen molar-refractivity contribution in [3.63, 3.8) is 0 Å². The van der Waals surface area contributed by atoms with Gasteiger partial charge in [-0.3, -0.25) is 10.3 Å². The number of ether oxygens (including phenoxy) is 2. The Labute approximate surface area is 186 Å². The molecule has 0 radical (unpaired) electrons. The summed E-state index contributed by atoms with van der Waals surface area (Å²) in [5.74, 6) is 0.191. The lowest BCUT2D eigenvalue weighted by Gasteiger charge is -2.40.